The molecule has 0 saturated carbocycles. The third-order valence-corrected chi connectivity index (χ3v) is 3.95. The minimum atomic E-state index is -0.270. The predicted molar refractivity (Wildman–Crippen MR) is 94.2 cm³/mol. The second-order valence-electron chi connectivity index (χ2n) is 5.20. The minimum Gasteiger partial charge on any atom is -0.356 e. The van der Waals surface area contributed by atoms with Gasteiger partial charge in [0.1, 0.15) is 5.82 Å². The van der Waals surface area contributed by atoms with E-state index in [9.17, 15) is 14.0 Å². The zero-order valence-electron chi connectivity index (χ0n) is 13.0. The zero-order chi connectivity index (χ0) is 17.4. The summed E-state index contributed by atoms with van der Waals surface area (Å²) >= 11 is 3.30. The molecule has 4 nitrogen and oxygen atoms in total. The summed E-state index contributed by atoms with van der Waals surface area (Å²) < 4.78 is 14.3. The van der Waals surface area contributed by atoms with Crippen molar-refractivity contribution in [2.24, 2.45) is 0 Å². The lowest BCUT2D eigenvalue weighted by atomic mass is 10.1. The molecule has 0 fully saturated rings. The van der Waals surface area contributed by atoms with Crippen molar-refractivity contribution in [3.8, 4) is 0 Å². The van der Waals surface area contributed by atoms with Gasteiger partial charge in [-0.05, 0) is 42.3 Å². The lowest BCUT2D eigenvalue weighted by Crippen LogP contribution is -2.31. The van der Waals surface area contributed by atoms with E-state index in [1.165, 1.54) is 6.07 Å². The van der Waals surface area contributed by atoms with Gasteiger partial charge in [-0.15, -0.1) is 0 Å². The van der Waals surface area contributed by atoms with Crippen LogP contribution in [0.4, 0.5) is 4.39 Å². The maximum atomic E-state index is 13.4. The summed E-state index contributed by atoms with van der Waals surface area (Å²) in [6, 6.07) is 13.5. The SMILES string of the molecule is O=C(CCNC(=O)c1ccc(Br)cc1)NCCc1ccccc1F. The van der Waals surface area contributed by atoms with E-state index >= 15 is 0 Å². The smallest absolute Gasteiger partial charge is 0.251 e. The molecule has 126 valence electrons. The Morgan fingerprint density at radius 3 is 2.38 bits per heavy atom. The van der Waals surface area contributed by atoms with Crippen LogP contribution in [0.2, 0.25) is 0 Å². The van der Waals surface area contributed by atoms with Crippen LogP contribution < -0.4 is 10.6 Å². The molecule has 2 aromatic carbocycles. The number of benzene rings is 2. The summed E-state index contributed by atoms with van der Waals surface area (Å²) in [5.74, 6) is -0.669. The standard InChI is InChI=1S/C18H18BrFN2O2/c19-15-7-5-14(6-8-15)18(24)22-12-10-17(23)21-11-9-13-3-1-2-4-16(13)20/h1-8H,9-12H2,(H,21,23)(H,22,24). The molecule has 0 spiro atoms. The average molecular weight is 393 g/mol. The molecule has 0 saturated heterocycles. The Hall–Kier alpha value is -2.21. The largest absolute Gasteiger partial charge is 0.356 e. The van der Waals surface area contributed by atoms with Crippen molar-refractivity contribution in [2.75, 3.05) is 13.1 Å². The van der Waals surface area contributed by atoms with Crippen LogP contribution >= 0.6 is 15.9 Å². The minimum absolute atomic E-state index is 0.178. The number of rotatable bonds is 7. The van der Waals surface area contributed by atoms with E-state index in [2.05, 4.69) is 26.6 Å². The molecule has 0 bridgehead atoms. The fourth-order valence-corrected chi connectivity index (χ4v) is 2.38. The van der Waals surface area contributed by atoms with Gasteiger partial charge in [0.25, 0.3) is 5.91 Å². The highest BCUT2D eigenvalue weighted by atomic mass is 79.9. The van der Waals surface area contributed by atoms with Gasteiger partial charge in [-0.1, -0.05) is 34.1 Å². The molecule has 0 heterocycles. The second kappa shape index (κ2) is 9.17. The number of carbonyl (C=O) groups excluding carboxylic acids is 2. The quantitative estimate of drug-likeness (QED) is 0.760. The fourth-order valence-electron chi connectivity index (χ4n) is 2.12. The maximum absolute atomic E-state index is 13.4. The molecule has 0 aliphatic heterocycles. The van der Waals surface area contributed by atoms with Crippen molar-refractivity contribution < 1.29 is 14.0 Å². The number of halogens is 2. The van der Waals surface area contributed by atoms with E-state index in [1.807, 2.05) is 0 Å². The third-order valence-electron chi connectivity index (χ3n) is 3.42. The van der Waals surface area contributed by atoms with Gasteiger partial charge in [0.2, 0.25) is 5.91 Å². The Kier molecular flexibility index (Phi) is 6.93. The highest BCUT2D eigenvalue weighted by Gasteiger charge is 2.07. The second-order valence-corrected chi connectivity index (χ2v) is 6.12. The summed E-state index contributed by atoms with van der Waals surface area (Å²) in [6.45, 7) is 0.612. The van der Waals surface area contributed by atoms with Gasteiger partial charge < -0.3 is 10.6 Å². The Morgan fingerprint density at radius 1 is 0.958 bits per heavy atom. The van der Waals surface area contributed by atoms with Crippen molar-refractivity contribution in [1.29, 1.82) is 0 Å². The molecule has 6 heteroatoms. The van der Waals surface area contributed by atoms with E-state index in [4.69, 9.17) is 0 Å². The average Bonchev–Trinajstić information content (AvgIpc) is 2.57. The highest BCUT2D eigenvalue weighted by Crippen LogP contribution is 2.10. The van der Waals surface area contributed by atoms with Crippen LogP contribution in [0.1, 0.15) is 22.3 Å². The molecule has 2 amide bonds. The van der Waals surface area contributed by atoms with Gasteiger partial charge in [-0.2, -0.15) is 0 Å². The van der Waals surface area contributed by atoms with Crippen LogP contribution in [0.3, 0.4) is 0 Å². The van der Waals surface area contributed by atoms with Gasteiger partial charge in [0.05, 0.1) is 0 Å². The van der Waals surface area contributed by atoms with E-state index in [-0.39, 0.29) is 30.6 Å². The summed E-state index contributed by atoms with van der Waals surface area (Å²) in [5, 5.41) is 5.41. The molecule has 0 atom stereocenters. The van der Waals surface area contributed by atoms with Crippen LogP contribution in [0, 0.1) is 5.82 Å². The first-order valence-corrected chi connectivity index (χ1v) is 8.39. The van der Waals surface area contributed by atoms with Crippen molar-refractivity contribution in [2.45, 2.75) is 12.8 Å². The number of carbonyl (C=O) groups is 2. The van der Waals surface area contributed by atoms with Gasteiger partial charge >= 0.3 is 0 Å². The third kappa shape index (κ3) is 5.77. The fraction of sp³-hybridized carbons (Fsp3) is 0.222. The Labute approximate surface area is 148 Å². The zero-order valence-corrected chi connectivity index (χ0v) is 14.6. The number of nitrogens with one attached hydrogen (secondary N) is 2. The summed E-state index contributed by atoms with van der Waals surface area (Å²) in [4.78, 5) is 23.6. The van der Waals surface area contributed by atoms with Crippen LogP contribution in [0.5, 0.6) is 0 Å². The first-order chi connectivity index (χ1) is 11.6. The van der Waals surface area contributed by atoms with Crippen molar-refractivity contribution in [1.82, 2.24) is 10.6 Å². The topological polar surface area (TPSA) is 58.2 Å². The van der Waals surface area contributed by atoms with Crippen molar-refractivity contribution in [3.05, 3.63) is 69.9 Å². The summed E-state index contributed by atoms with van der Waals surface area (Å²) in [6.07, 6.45) is 0.614. The van der Waals surface area contributed by atoms with E-state index in [1.54, 1.807) is 42.5 Å². The number of amides is 2. The molecule has 2 N–H and O–H groups in total. The first-order valence-electron chi connectivity index (χ1n) is 7.60. The summed E-state index contributed by atoms with van der Waals surface area (Å²) in [5.41, 5.74) is 1.11. The molecule has 2 aromatic rings. The molecule has 0 aliphatic rings. The molecule has 0 aliphatic carbocycles. The van der Waals surface area contributed by atoms with Crippen LogP contribution in [-0.4, -0.2) is 24.9 Å². The van der Waals surface area contributed by atoms with E-state index in [0.717, 1.165) is 4.47 Å². The number of hydrogen-bond donors (Lipinski definition) is 2. The van der Waals surface area contributed by atoms with Gasteiger partial charge in [0, 0.05) is 29.5 Å². The molecule has 2 rings (SSSR count). The highest BCUT2D eigenvalue weighted by molar-refractivity contribution is 9.10. The van der Waals surface area contributed by atoms with Crippen LogP contribution in [0.25, 0.3) is 0 Å². The van der Waals surface area contributed by atoms with Gasteiger partial charge in [0.15, 0.2) is 0 Å². The van der Waals surface area contributed by atoms with Gasteiger partial charge in [-0.3, -0.25) is 9.59 Å². The van der Waals surface area contributed by atoms with Gasteiger partial charge in [-0.25, -0.2) is 4.39 Å². The van der Waals surface area contributed by atoms with Crippen molar-refractivity contribution in [3.63, 3.8) is 0 Å². The van der Waals surface area contributed by atoms with Crippen LogP contribution in [-0.2, 0) is 11.2 Å². The maximum Gasteiger partial charge on any atom is 0.251 e. The normalized spacial score (nSPS) is 10.2. The molecular weight excluding hydrogens is 375 g/mol. The first kappa shape index (κ1) is 18.1. The molecular formula is C18H18BrFN2O2. The molecule has 0 aromatic heterocycles. The summed E-state index contributed by atoms with van der Waals surface area (Å²) in [7, 11) is 0. The number of hydrogen-bond acceptors (Lipinski definition) is 2. The molecule has 0 radical (unpaired) electrons. The lowest BCUT2D eigenvalue weighted by molar-refractivity contribution is -0.120. The van der Waals surface area contributed by atoms with Crippen molar-refractivity contribution >= 4 is 27.7 Å². The van der Waals surface area contributed by atoms with E-state index < -0.39 is 0 Å². The lowest BCUT2D eigenvalue weighted by Gasteiger charge is -2.07. The van der Waals surface area contributed by atoms with E-state index in [0.29, 0.717) is 24.1 Å². The predicted octanol–water partition coefficient (Wildman–Crippen LogP) is 3.07. The molecule has 0 unspecified atom stereocenters. The molecule has 24 heavy (non-hydrogen) atoms. The Balaban J connectivity index is 1.65. The Morgan fingerprint density at radius 2 is 1.67 bits per heavy atom. The Bertz CT molecular complexity index is 704. The van der Waals surface area contributed by atoms with Crippen LogP contribution in [0.15, 0.2) is 53.0 Å². The monoisotopic (exact) mass is 392 g/mol.